The van der Waals surface area contributed by atoms with Gasteiger partial charge in [0.15, 0.2) is 0 Å². The van der Waals surface area contributed by atoms with Crippen molar-refractivity contribution in [2.45, 2.75) is 32.7 Å². The third-order valence-electron chi connectivity index (χ3n) is 7.65. The zero-order valence-corrected chi connectivity index (χ0v) is 24.0. The maximum atomic E-state index is 13.4. The molecule has 1 amide bonds. The zero-order valence-electron chi connectivity index (χ0n) is 22.4. The number of hydrogen-bond acceptors (Lipinski definition) is 6. The molecule has 6 nitrogen and oxygen atoms in total. The number of thioether (sulfide) groups is 1. The summed E-state index contributed by atoms with van der Waals surface area (Å²) in [5, 5.41) is 9.78. The minimum absolute atomic E-state index is 0.0678. The van der Waals surface area contributed by atoms with Crippen LogP contribution >= 0.6 is 24.0 Å². The van der Waals surface area contributed by atoms with Crippen molar-refractivity contribution >= 4 is 46.1 Å². The highest BCUT2D eigenvalue weighted by atomic mass is 32.2. The van der Waals surface area contributed by atoms with E-state index in [1.54, 1.807) is 32.2 Å². The lowest BCUT2D eigenvalue weighted by molar-refractivity contribution is -0.122. The fourth-order valence-electron chi connectivity index (χ4n) is 5.43. The molecule has 1 aromatic heterocycles. The summed E-state index contributed by atoms with van der Waals surface area (Å²) in [5.74, 6) is 0.660. The van der Waals surface area contributed by atoms with E-state index in [4.69, 9.17) is 12.2 Å². The predicted molar refractivity (Wildman–Crippen MR) is 161 cm³/mol. The van der Waals surface area contributed by atoms with Gasteiger partial charge in [-0.25, -0.2) is 4.39 Å². The molecule has 0 atom stereocenters. The second kappa shape index (κ2) is 11.8. The van der Waals surface area contributed by atoms with Crippen LogP contribution < -0.4 is 10.5 Å². The van der Waals surface area contributed by atoms with Crippen molar-refractivity contribution in [1.29, 1.82) is 5.26 Å². The number of anilines is 1. The van der Waals surface area contributed by atoms with Crippen molar-refractivity contribution in [2.75, 3.05) is 18.0 Å². The van der Waals surface area contributed by atoms with Gasteiger partial charge in [-0.3, -0.25) is 19.1 Å². The summed E-state index contributed by atoms with van der Waals surface area (Å²) < 4.78 is 15.3. The number of hydrogen-bond donors (Lipinski definition) is 0. The third kappa shape index (κ3) is 5.60. The second-order valence-corrected chi connectivity index (χ2v) is 11.9. The first-order valence-electron chi connectivity index (χ1n) is 13.2. The normalized spacial score (nSPS) is 17.1. The number of benzene rings is 2. The summed E-state index contributed by atoms with van der Waals surface area (Å²) >= 11 is 6.72. The summed E-state index contributed by atoms with van der Waals surface area (Å²) in [6.45, 7) is 3.53. The van der Waals surface area contributed by atoms with E-state index in [0.29, 0.717) is 32.1 Å². The van der Waals surface area contributed by atoms with Crippen LogP contribution in [0.2, 0.25) is 0 Å². The number of rotatable bonds is 6. The Morgan fingerprint density at radius 3 is 2.40 bits per heavy atom. The van der Waals surface area contributed by atoms with Crippen LogP contribution in [-0.2, 0) is 24.8 Å². The van der Waals surface area contributed by atoms with E-state index < -0.39 is 0 Å². The van der Waals surface area contributed by atoms with Crippen molar-refractivity contribution in [3.8, 4) is 6.07 Å². The van der Waals surface area contributed by atoms with Crippen LogP contribution in [0.15, 0.2) is 64.3 Å². The van der Waals surface area contributed by atoms with Crippen LogP contribution in [0.3, 0.4) is 0 Å². The third-order valence-corrected chi connectivity index (χ3v) is 9.03. The van der Waals surface area contributed by atoms with Crippen molar-refractivity contribution < 1.29 is 9.18 Å². The molecule has 40 heavy (non-hydrogen) atoms. The summed E-state index contributed by atoms with van der Waals surface area (Å²) in [6, 6.07) is 18.5. The molecular formula is C31H29FN4O2S2. The van der Waals surface area contributed by atoms with Crippen LogP contribution in [-0.4, -0.2) is 32.8 Å². The Balaban J connectivity index is 1.45. The lowest BCUT2D eigenvalue weighted by Gasteiger charge is -2.36. The van der Waals surface area contributed by atoms with E-state index >= 15 is 0 Å². The monoisotopic (exact) mass is 572 g/mol. The fourth-order valence-corrected chi connectivity index (χ4v) is 6.67. The Hall–Kier alpha value is -3.74. The lowest BCUT2D eigenvalue weighted by Crippen LogP contribution is -2.39. The minimum Gasteiger partial charge on any atom is -0.357 e. The summed E-state index contributed by atoms with van der Waals surface area (Å²) in [5.41, 5.74) is 3.05. The number of piperidine rings is 1. The molecule has 0 spiro atoms. The average Bonchev–Trinajstić information content (AvgIpc) is 3.22. The van der Waals surface area contributed by atoms with Gasteiger partial charge >= 0.3 is 0 Å². The number of carbonyl (C=O) groups excluding carboxylic acids is 1. The van der Waals surface area contributed by atoms with Crippen molar-refractivity contribution in [3.05, 3.63) is 103 Å². The largest absolute Gasteiger partial charge is 0.357 e. The first-order valence-corrected chi connectivity index (χ1v) is 14.4. The van der Waals surface area contributed by atoms with Gasteiger partial charge in [0.25, 0.3) is 11.5 Å². The average molecular weight is 573 g/mol. The number of amides is 1. The molecule has 0 saturated carbocycles. The first-order chi connectivity index (χ1) is 19.3. The van der Waals surface area contributed by atoms with Crippen LogP contribution in [0.1, 0.15) is 40.7 Å². The summed E-state index contributed by atoms with van der Waals surface area (Å²) in [6.07, 6.45) is 4.73. The Bertz CT molecular complexity index is 1580. The number of carbonyl (C=O) groups is 1. The van der Waals surface area contributed by atoms with Gasteiger partial charge in [-0.1, -0.05) is 66.4 Å². The predicted octanol–water partition coefficient (Wildman–Crippen LogP) is 5.57. The van der Waals surface area contributed by atoms with E-state index in [1.807, 2.05) is 6.07 Å². The van der Waals surface area contributed by atoms with Crippen LogP contribution in [0.4, 0.5) is 10.2 Å². The van der Waals surface area contributed by atoms with E-state index in [1.165, 1.54) is 38.9 Å². The molecule has 2 fully saturated rings. The van der Waals surface area contributed by atoms with Gasteiger partial charge in [-0.05, 0) is 67.0 Å². The molecule has 3 aromatic rings. The highest BCUT2D eigenvalue weighted by Gasteiger charge is 2.33. The molecule has 0 aliphatic carbocycles. The van der Waals surface area contributed by atoms with E-state index in [-0.39, 0.29) is 29.4 Å². The lowest BCUT2D eigenvalue weighted by atomic mass is 9.90. The van der Waals surface area contributed by atoms with Crippen LogP contribution in [0, 0.1) is 30.0 Å². The molecule has 0 radical (unpaired) electrons. The van der Waals surface area contributed by atoms with E-state index in [9.17, 15) is 19.2 Å². The van der Waals surface area contributed by atoms with Crippen molar-refractivity contribution in [3.63, 3.8) is 0 Å². The van der Waals surface area contributed by atoms with Gasteiger partial charge in [0.05, 0.1) is 11.4 Å². The van der Waals surface area contributed by atoms with E-state index in [2.05, 4.69) is 35.2 Å². The van der Waals surface area contributed by atoms with Gasteiger partial charge < -0.3 is 4.90 Å². The highest BCUT2D eigenvalue weighted by molar-refractivity contribution is 8.26. The van der Waals surface area contributed by atoms with Crippen molar-refractivity contribution in [1.82, 2.24) is 9.47 Å². The molecule has 9 heteroatoms. The standard InChI is InChI=1S/C31H29FN4O2S2/c1-20-25(17-27-30(38)36(31(39)40-27)19-23-8-10-24(32)11-9-23)28(34(2)29(37)26(20)18-33)35-14-12-22(13-15-35)16-21-6-4-3-5-7-21/h3-11,17,22H,12-16,19H2,1-2H3/b27-17-. The minimum atomic E-state index is -0.345. The van der Waals surface area contributed by atoms with Gasteiger partial charge in [0, 0.05) is 25.7 Å². The summed E-state index contributed by atoms with van der Waals surface area (Å²) in [4.78, 5) is 30.7. The number of halogens is 1. The molecule has 0 N–H and O–H groups in total. The molecule has 0 bridgehead atoms. The number of aromatic nitrogens is 1. The Morgan fingerprint density at radius 2 is 1.75 bits per heavy atom. The topological polar surface area (TPSA) is 69.3 Å². The fraction of sp³-hybridized carbons (Fsp3) is 0.290. The number of nitrogens with zero attached hydrogens (tertiary/aromatic N) is 4. The highest BCUT2D eigenvalue weighted by Crippen LogP contribution is 2.37. The summed E-state index contributed by atoms with van der Waals surface area (Å²) in [7, 11) is 1.69. The van der Waals surface area contributed by atoms with Crippen molar-refractivity contribution in [2.24, 2.45) is 13.0 Å². The maximum absolute atomic E-state index is 13.4. The molecule has 2 saturated heterocycles. The van der Waals surface area contributed by atoms with Crippen LogP contribution in [0.25, 0.3) is 6.08 Å². The molecule has 204 valence electrons. The van der Waals surface area contributed by atoms with Gasteiger partial charge in [0.2, 0.25) is 0 Å². The Labute approximate surface area is 242 Å². The van der Waals surface area contributed by atoms with Gasteiger partial charge in [-0.2, -0.15) is 5.26 Å². The first kappa shape index (κ1) is 27.8. The Kier molecular flexibility index (Phi) is 8.19. The Morgan fingerprint density at radius 1 is 1.07 bits per heavy atom. The quantitative estimate of drug-likeness (QED) is 0.284. The van der Waals surface area contributed by atoms with Gasteiger partial charge in [-0.15, -0.1) is 0 Å². The molecular weight excluding hydrogens is 543 g/mol. The molecule has 5 rings (SSSR count). The number of thiocarbonyl (C=S) groups is 1. The maximum Gasteiger partial charge on any atom is 0.270 e. The molecule has 2 aliphatic heterocycles. The van der Waals surface area contributed by atoms with E-state index in [0.717, 1.165) is 37.9 Å². The number of pyridine rings is 1. The SMILES string of the molecule is Cc1c(/C=C2\SC(=S)N(Cc3ccc(F)cc3)C2=O)c(N2CCC(Cc3ccccc3)CC2)n(C)c(=O)c1C#N. The smallest absolute Gasteiger partial charge is 0.270 e. The number of nitriles is 1. The molecule has 2 aromatic carbocycles. The van der Waals surface area contributed by atoms with Crippen LogP contribution in [0.5, 0.6) is 0 Å². The zero-order chi connectivity index (χ0) is 28.4. The molecule has 0 unspecified atom stereocenters. The molecule has 2 aliphatic rings. The second-order valence-electron chi connectivity index (χ2n) is 10.2. The molecule has 3 heterocycles. The van der Waals surface area contributed by atoms with Gasteiger partial charge in [0.1, 0.15) is 27.6 Å².